The van der Waals surface area contributed by atoms with Gasteiger partial charge in [-0.1, -0.05) is 18.2 Å². The summed E-state index contributed by atoms with van der Waals surface area (Å²) in [5.41, 5.74) is 1.59. The molecule has 1 aliphatic heterocycles. The Bertz CT molecular complexity index is 862. The van der Waals surface area contributed by atoms with E-state index < -0.39 is 16.1 Å². The molecule has 7 nitrogen and oxygen atoms in total. The molecule has 144 valence electrons. The SMILES string of the molecule is CCOC(=O)Nc1ccc(S(=O)(=O)N2CCN(c3ccccc3)CC2)cc1. The Labute approximate surface area is 159 Å². The predicted octanol–water partition coefficient (Wildman–Crippen LogP) is 2.77. The third-order valence-electron chi connectivity index (χ3n) is 4.37. The van der Waals surface area contributed by atoms with Crippen LogP contribution < -0.4 is 10.2 Å². The van der Waals surface area contributed by atoms with Crippen molar-refractivity contribution in [2.75, 3.05) is 43.0 Å². The molecule has 0 saturated carbocycles. The number of sulfonamides is 1. The maximum Gasteiger partial charge on any atom is 0.411 e. The second kappa shape index (κ2) is 8.41. The van der Waals surface area contributed by atoms with Crippen molar-refractivity contribution in [3.05, 3.63) is 54.6 Å². The number of carbonyl (C=O) groups is 1. The molecule has 0 aromatic heterocycles. The van der Waals surface area contributed by atoms with Gasteiger partial charge in [0.05, 0.1) is 11.5 Å². The maximum absolute atomic E-state index is 12.9. The van der Waals surface area contributed by atoms with Crippen molar-refractivity contribution in [3.63, 3.8) is 0 Å². The molecule has 1 heterocycles. The number of ether oxygens (including phenoxy) is 1. The molecule has 8 heteroatoms. The minimum Gasteiger partial charge on any atom is -0.450 e. The van der Waals surface area contributed by atoms with Gasteiger partial charge >= 0.3 is 6.09 Å². The maximum atomic E-state index is 12.9. The topological polar surface area (TPSA) is 78.9 Å². The van der Waals surface area contributed by atoms with Gasteiger partial charge in [0.25, 0.3) is 0 Å². The molecular weight excluding hydrogens is 366 g/mol. The van der Waals surface area contributed by atoms with Gasteiger partial charge in [0.2, 0.25) is 10.0 Å². The van der Waals surface area contributed by atoms with Crippen LogP contribution in [0.25, 0.3) is 0 Å². The number of carbonyl (C=O) groups excluding carboxylic acids is 1. The Morgan fingerprint density at radius 2 is 1.63 bits per heavy atom. The lowest BCUT2D eigenvalue weighted by molar-refractivity contribution is 0.168. The normalized spacial score (nSPS) is 15.4. The fourth-order valence-electron chi connectivity index (χ4n) is 2.97. The lowest BCUT2D eigenvalue weighted by Gasteiger charge is -2.35. The van der Waals surface area contributed by atoms with Crippen LogP contribution in [-0.4, -0.2) is 51.6 Å². The number of hydrogen-bond donors (Lipinski definition) is 1. The van der Waals surface area contributed by atoms with Crippen molar-refractivity contribution in [1.29, 1.82) is 0 Å². The Kier molecular flexibility index (Phi) is 5.98. The van der Waals surface area contributed by atoms with Gasteiger partial charge in [0.1, 0.15) is 0 Å². The summed E-state index contributed by atoms with van der Waals surface area (Å²) in [6.07, 6.45) is -0.565. The van der Waals surface area contributed by atoms with Gasteiger partial charge in [0, 0.05) is 37.6 Å². The fourth-order valence-corrected chi connectivity index (χ4v) is 4.39. The first-order chi connectivity index (χ1) is 13.0. The number of hydrogen-bond acceptors (Lipinski definition) is 5. The summed E-state index contributed by atoms with van der Waals surface area (Å²) in [6.45, 7) is 4.14. The first-order valence-corrected chi connectivity index (χ1v) is 10.3. The number of anilines is 2. The highest BCUT2D eigenvalue weighted by molar-refractivity contribution is 7.89. The zero-order valence-electron chi connectivity index (χ0n) is 15.2. The average molecular weight is 389 g/mol. The zero-order chi connectivity index (χ0) is 19.3. The molecule has 0 bridgehead atoms. The smallest absolute Gasteiger partial charge is 0.411 e. The van der Waals surface area contributed by atoms with Crippen molar-refractivity contribution in [3.8, 4) is 0 Å². The lowest BCUT2D eigenvalue weighted by Crippen LogP contribution is -2.48. The molecule has 0 radical (unpaired) electrons. The van der Waals surface area contributed by atoms with E-state index in [1.807, 2.05) is 30.3 Å². The van der Waals surface area contributed by atoms with Gasteiger partial charge in [-0.25, -0.2) is 13.2 Å². The van der Waals surface area contributed by atoms with Gasteiger partial charge in [-0.15, -0.1) is 0 Å². The van der Waals surface area contributed by atoms with Crippen LogP contribution in [0.5, 0.6) is 0 Å². The summed E-state index contributed by atoms with van der Waals surface area (Å²) < 4.78 is 32.0. The Morgan fingerprint density at radius 3 is 2.22 bits per heavy atom. The molecule has 1 aliphatic rings. The van der Waals surface area contributed by atoms with E-state index in [0.717, 1.165) is 5.69 Å². The van der Waals surface area contributed by atoms with Crippen LogP contribution >= 0.6 is 0 Å². The molecule has 0 atom stereocenters. The van der Waals surface area contributed by atoms with E-state index in [0.29, 0.717) is 31.9 Å². The molecular formula is C19H23N3O4S. The van der Waals surface area contributed by atoms with Crippen LogP contribution in [0.1, 0.15) is 6.92 Å². The van der Waals surface area contributed by atoms with Gasteiger partial charge in [-0.3, -0.25) is 5.32 Å². The number of para-hydroxylation sites is 1. The number of piperazine rings is 1. The van der Waals surface area contributed by atoms with Gasteiger partial charge < -0.3 is 9.64 Å². The zero-order valence-corrected chi connectivity index (χ0v) is 16.0. The van der Waals surface area contributed by atoms with Crippen LogP contribution in [-0.2, 0) is 14.8 Å². The third-order valence-corrected chi connectivity index (χ3v) is 6.29. The molecule has 1 saturated heterocycles. The van der Waals surface area contributed by atoms with E-state index in [4.69, 9.17) is 4.74 Å². The number of nitrogens with one attached hydrogen (secondary N) is 1. The van der Waals surface area contributed by atoms with Crippen LogP contribution in [0.4, 0.5) is 16.2 Å². The highest BCUT2D eigenvalue weighted by Gasteiger charge is 2.28. The third kappa shape index (κ3) is 4.58. The molecule has 0 aliphatic carbocycles. The Hall–Kier alpha value is -2.58. The molecule has 1 amide bonds. The molecule has 1 fully saturated rings. The first kappa shape index (κ1) is 19.2. The van der Waals surface area contributed by atoms with Crippen molar-refractivity contribution < 1.29 is 17.9 Å². The first-order valence-electron chi connectivity index (χ1n) is 8.84. The number of benzene rings is 2. The standard InChI is InChI=1S/C19H23N3O4S/c1-2-26-19(23)20-16-8-10-18(11-9-16)27(24,25)22-14-12-21(13-15-22)17-6-4-3-5-7-17/h3-11H,2,12-15H2,1H3,(H,20,23). The lowest BCUT2D eigenvalue weighted by atomic mass is 10.2. The van der Waals surface area contributed by atoms with E-state index >= 15 is 0 Å². The van der Waals surface area contributed by atoms with Crippen LogP contribution in [0.2, 0.25) is 0 Å². The Balaban J connectivity index is 1.64. The second-order valence-corrected chi connectivity index (χ2v) is 8.03. The average Bonchev–Trinajstić information content (AvgIpc) is 2.69. The van der Waals surface area contributed by atoms with Crippen molar-refractivity contribution >= 4 is 27.5 Å². The quantitative estimate of drug-likeness (QED) is 0.851. The summed E-state index contributed by atoms with van der Waals surface area (Å²) in [5.74, 6) is 0. The van der Waals surface area contributed by atoms with Gasteiger partial charge in [-0.2, -0.15) is 4.31 Å². The summed E-state index contributed by atoms with van der Waals surface area (Å²) >= 11 is 0. The van der Waals surface area contributed by atoms with E-state index in [1.54, 1.807) is 19.1 Å². The van der Waals surface area contributed by atoms with Crippen LogP contribution in [0.15, 0.2) is 59.5 Å². The van der Waals surface area contributed by atoms with E-state index in [-0.39, 0.29) is 11.5 Å². The van der Waals surface area contributed by atoms with Gasteiger partial charge in [0.15, 0.2) is 0 Å². The highest BCUT2D eigenvalue weighted by atomic mass is 32.2. The highest BCUT2D eigenvalue weighted by Crippen LogP contribution is 2.22. The molecule has 3 rings (SSSR count). The molecule has 0 unspecified atom stereocenters. The summed E-state index contributed by atoms with van der Waals surface area (Å²) in [4.78, 5) is 13.8. The van der Waals surface area contributed by atoms with E-state index in [2.05, 4.69) is 10.2 Å². The molecule has 0 spiro atoms. The number of rotatable bonds is 5. The fraction of sp³-hybridized carbons (Fsp3) is 0.316. The summed E-state index contributed by atoms with van der Waals surface area (Å²) in [7, 11) is -3.56. The number of amides is 1. The second-order valence-electron chi connectivity index (χ2n) is 6.10. The monoisotopic (exact) mass is 389 g/mol. The van der Waals surface area contributed by atoms with E-state index in [1.165, 1.54) is 16.4 Å². The minimum atomic E-state index is -3.56. The van der Waals surface area contributed by atoms with Crippen molar-refractivity contribution in [1.82, 2.24) is 4.31 Å². The summed E-state index contributed by atoms with van der Waals surface area (Å²) in [6, 6.07) is 16.1. The molecule has 2 aromatic carbocycles. The molecule has 1 N–H and O–H groups in total. The van der Waals surface area contributed by atoms with Gasteiger partial charge in [-0.05, 0) is 43.3 Å². The minimum absolute atomic E-state index is 0.213. The van der Waals surface area contributed by atoms with Crippen molar-refractivity contribution in [2.24, 2.45) is 0 Å². The molecule has 2 aromatic rings. The van der Waals surface area contributed by atoms with E-state index in [9.17, 15) is 13.2 Å². The predicted molar refractivity (Wildman–Crippen MR) is 105 cm³/mol. The molecule has 27 heavy (non-hydrogen) atoms. The number of nitrogens with zero attached hydrogens (tertiary/aromatic N) is 2. The van der Waals surface area contributed by atoms with Crippen LogP contribution in [0.3, 0.4) is 0 Å². The summed E-state index contributed by atoms with van der Waals surface area (Å²) in [5, 5.41) is 2.55. The van der Waals surface area contributed by atoms with Crippen LogP contribution in [0, 0.1) is 0 Å². The largest absolute Gasteiger partial charge is 0.450 e. The van der Waals surface area contributed by atoms with Crippen molar-refractivity contribution in [2.45, 2.75) is 11.8 Å². The Morgan fingerprint density at radius 1 is 1.00 bits per heavy atom.